The zero-order chi connectivity index (χ0) is 20.8. The van der Waals surface area contributed by atoms with E-state index < -0.39 is 8.24 Å². The van der Waals surface area contributed by atoms with E-state index in [1.165, 1.54) is 11.1 Å². The molecule has 28 heavy (non-hydrogen) atoms. The van der Waals surface area contributed by atoms with Gasteiger partial charge in [0, 0.05) is 0 Å². The van der Waals surface area contributed by atoms with Gasteiger partial charge >= 0.3 is 0 Å². The van der Waals surface area contributed by atoms with E-state index in [-0.39, 0.29) is 12.5 Å². The van der Waals surface area contributed by atoms with Gasteiger partial charge in [-0.15, -0.1) is 4.78 Å². The number of para-hydroxylation sites is 2. The van der Waals surface area contributed by atoms with Crippen molar-refractivity contribution in [2.24, 2.45) is 20.1 Å². The second kappa shape index (κ2) is 11.9. The van der Waals surface area contributed by atoms with Crippen LogP contribution in [0.5, 0.6) is 0 Å². The minimum Gasteiger partial charge on any atom is -0.270 e. The molecule has 10 heteroatoms. The summed E-state index contributed by atoms with van der Waals surface area (Å²) in [7, 11) is -1.45. The predicted molar refractivity (Wildman–Crippen MR) is 110 cm³/mol. The Kier molecular flexibility index (Phi) is 9.56. The number of carbonyl (C=O) groups excluding carboxylic acids is 2. The predicted octanol–water partition coefficient (Wildman–Crippen LogP) is 5.19. The van der Waals surface area contributed by atoms with Crippen LogP contribution in [-0.2, 0) is 9.59 Å². The maximum atomic E-state index is 11.1. The van der Waals surface area contributed by atoms with Gasteiger partial charge in [0.05, 0.1) is 11.4 Å². The SMILES string of the molecule is C[Si](C)(C)N=[N+]=[N-].O=C1CN=NN1c1ccccc1.O=C=Nc1ccccc1. The fourth-order valence-electron chi connectivity index (χ4n) is 1.73. The van der Waals surface area contributed by atoms with Crippen molar-refractivity contribution in [1.82, 2.24) is 0 Å². The van der Waals surface area contributed by atoms with Gasteiger partial charge in [-0.3, -0.25) is 4.79 Å². The van der Waals surface area contributed by atoms with E-state index in [1.54, 1.807) is 12.1 Å². The van der Waals surface area contributed by atoms with Crippen LogP contribution in [0, 0.1) is 0 Å². The summed E-state index contributed by atoms with van der Waals surface area (Å²) in [4.78, 5) is 26.9. The fraction of sp³-hybridized carbons (Fsp3) is 0.222. The van der Waals surface area contributed by atoms with Crippen molar-refractivity contribution in [2.45, 2.75) is 19.6 Å². The van der Waals surface area contributed by atoms with Crippen LogP contribution in [0.25, 0.3) is 10.4 Å². The third kappa shape index (κ3) is 9.21. The molecular weight excluding hydrogens is 374 g/mol. The van der Waals surface area contributed by atoms with Gasteiger partial charge in [-0.25, -0.2) is 4.79 Å². The maximum absolute atomic E-state index is 11.1. The lowest BCUT2D eigenvalue weighted by Gasteiger charge is -2.08. The zero-order valence-corrected chi connectivity index (χ0v) is 16.9. The van der Waals surface area contributed by atoms with Crippen molar-refractivity contribution in [2.75, 3.05) is 11.6 Å². The summed E-state index contributed by atoms with van der Waals surface area (Å²) in [5.41, 5.74) is 9.31. The van der Waals surface area contributed by atoms with Crippen molar-refractivity contribution >= 4 is 31.6 Å². The van der Waals surface area contributed by atoms with E-state index in [9.17, 15) is 9.59 Å². The average Bonchev–Trinajstić information content (AvgIpc) is 3.10. The first-order valence-corrected chi connectivity index (χ1v) is 11.8. The molecule has 1 amide bonds. The molecule has 1 aliphatic rings. The van der Waals surface area contributed by atoms with Crippen molar-refractivity contribution < 1.29 is 9.59 Å². The molecule has 2 aromatic rings. The van der Waals surface area contributed by atoms with Crippen LogP contribution < -0.4 is 5.01 Å². The monoisotopic (exact) mass is 395 g/mol. The summed E-state index contributed by atoms with van der Waals surface area (Å²) in [5.74, 6) is -0.0822. The lowest BCUT2D eigenvalue weighted by Crippen LogP contribution is -2.21. The smallest absolute Gasteiger partial charge is 0.270 e. The molecule has 0 aromatic heterocycles. The summed E-state index contributed by atoms with van der Waals surface area (Å²) >= 11 is 0. The van der Waals surface area contributed by atoms with Gasteiger partial charge in [-0.05, 0) is 34.7 Å². The van der Waals surface area contributed by atoms with Crippen LogP contribution in [0.1, 0.15) is 0 Å². The highest BCUT2D eigenvalue weighted by Crippen LogP contribution is 2.16. The third-order valence-electron chi connectivity index (χ3n) is 2.87. The number of rotatable bonds is 3. The molecule has 3 rings (SSSR count). The first kappa shape index (κ1) is 22.5. The molecule has 0 unspecified atom stereocenters. The van der Waals surface area contributed by atoms with E-state index in [1.807, 2.05) is 68.2 Å². The molecule has 0 saturated carbocycles. The minimum absolute atomic E-state index is 0.0822. The second-order valence-electron chi connectivity index (χ2n) is 6.33. The molecule has 0 fully saturated rings. The quantitative estimate of drug-likeness (QED) is 0.177. The molecule has 0 bridgehead atoms. The van der Waals surface area contributed by atoms with Crippen molar-refractivity contribution in [3.63, 3.8) is 0 Å². The lowest BCUT2D eigenvalue weighted by atomic mass is 10.3. The Morgan fingerprint density at radius 1 is 1.07 bits per heavy atom. The van der Waals surface area contributed by atoms with Gasteiger partial charge in [0.15, 0.2) is 0 Å². The molecule has 1 aliphatic heterocycles. The van der Waals surface area contributed by atoms with Crippen LogP contribution in [0.4, 0.5) is 11.4 Å². The van der Waals surface area contributed by atoms with Gasteiger partial charge in [-0.1, -0.05) is 61.3 Å². The van der Waals surface area contributed by atoms with E-state index in [4.69, 9.17) is 5.53 Å². The van der Waals surface area contributed by atoms with Gasteiger partial charge in [0.25, 0.3) is 5.91 Å². The Balaban J connectivity index is 0.000000220. The molecule has 0 spiro atoms. The molecule has 2 aromatic carbocycles. The average molecular weight is 395 g/mol. The summed E-state index contributed by atoms with van der Waals surface area (Å²) in [6.45, 7) is 6.14. The van der Waals surface area contributed by atoms with Crippen molar-refractivity contribution in [3.8, 4) is 0 Å². The van der Waals surface area contributed by atoms with Crippen LogP contribution in [-0.4, -0.2) is 26.8 Å². The highest BCUT2D eigenvalue weighted by Gasteiger charge is 2.19. The molecule has 9 nitrogen and oxygen atoms in total. The third-order valence-corrected chi connectivity index (χ3v) is 3.56. The molecule has 0 saturated heterocycles. The Morgan fingerprint density at radius 2 is 1.64 bits per heavy atom. The van der Waals surface area contributed by atoms with Crippen LogP contribution in [0.15, 0.2) is 80.8 Å². The van der Waals surface area contributed by atoms with Crippen molar-refractivity contribution in [1.29, 1.82) is 0 Å². The number of anilines is 1. The largest absolute Gasteiger partial charge is 0.272 e. The maximum Gasteiger partial charge on any atom is 0.272 e. The molecule has 0 atom stereocenters. The van der Waals surface area contributed by atoms with Gasteiger partial charge in [-0.2, -0.15) is 15.1 Å². The topological polar surface area (TPSA) is 123 Å². The Morgan fingerprint density at radius 3 is 2.04 bits per heavy atom. The zero-order valence-electron chi connectivity index (χ0n) is 15.9. The summed E-state index contributed by atoms with van der Waals surface area (Å²) in [6, 6.07) is 18.2. The first-order valence-electron chi connectivity index (χ1n) is 8.32. The summed E-state index contributed by atoms with van der Waals surface area (Å²) in [6.07, 6.45) is 1.46. The van der Waals surface area contributed by atoms with Crippen LogP contribution in [0.3, 0.4) is 0 Å². The number of isocyanates is 1. The van der Waals surface area contributed by atoms with E-state index in [0.717, 1.165) is 5.69 Å². The normalized spacial score (nSPS) is 11.8. The van der Waals surface area contributed by atoms with Gasteiger partial charge in [0.2, 0.25) is 6.08 Å². The van der Waals surface area contributed by atoms with E-state index >= 15 is 0 Å². The van der Waals surface area contributed by atoms with Gasteiger partial charge < -0.3 is 0 Å². The lowest BCUT2D eigenvalue weighted by molar-refractivity contribution is -0.116. The Hall–Kier alpha value is -3.58. The number of azide groups is 1. The summed E-state index contributed by atoms with van der Waals surface area (Å²) in [5, 5.41) is 8.62. The van der Waals surface area contributed by atoms with E-state index in [2.05, 4.69) is 25.0 Å². The van der Waals surface area contributed by atoms with Crippen LogP contribution >= 0.6 is 0 Å². The number of aliphatic imine (C=N–C) groups is 1. The number of nitrogens with zero attached hydrogens (tertiary/aromatic N) is 7. The standard InChI is InChI=1S/C8H7N3O.C7H5NO.C3H9N3Si/c12-8-6-9-10-11(8)7-4-2-1-3-5-7;9-6-8-7-4-2-1-3-5-7;1-7(2,3)6-5-4/h1-5H,6H2;1-5H;1-3H3. The fourth-order valence-corrected chi connectivity index (χ4v) is 1.99. The number of amides is 1. The summed E-state index contributed by atoms with van der Waals surface area (Å²) < 4.78 is 3.58. The molecule has 1 heterocycles. The molecule has 0 radical (unpaired) electrons. The Bertz CT molecular complexity index is 870. The molecule has 0 aliphatic carbocycles. The Labute approximate surface area is 164 Å². The highest BCUT2D eigenvalue weighted by atomic mass is 28.3. The number of carbonyl (C=O) groups is 1. The van der Waals surface area contributed by atoms with E-state index in [0.29, 0.717) is 5.69 Å². The molecule has 0 N–H and O–H groups in total. The first-order chi connectivity index (χ1) is 13.4. The second-order valence-corrected chi connectivity index (χ2v) is 10.9. The van der Waals surface area contributed by atoms with Gasteiger partial charge in [0.1, 0.15) is 14.8 Å². The minimum atomic E-state index is -1.45. The van der Waals surface area contributed by atoms with Crippen LogP contribution in [0.2, 0.25) is 19.6 Å². The highest BCUT2D eigenvalue weighted by molar-refractivity contribution is 6.74. The number of hydrogen-bond acceptors (Lipinski definition) is 6. The molecule has 144 valence electrons. The van der Waals surface area contributed by atoms with Crippen molar-refractivity contribution in [3.05, 3.63) is 71.1 Å². The molecular formula is C18H21N7O2Si. The number of hydrogen-bond donors (Lipinski definition) is 0. The number of benzene rings is 2.